The minimum Gasteiger partial charge on any atom is -0.207 e. The van der Waals surface area contributed by atoms with Crippen molar-refractivity contribution in [1.82, 2.24) is 4.72 Å². The quantitative estimate of drug-likeness (QED) is 0.826. The summed E-state index contributed by atoms with van der Waals surface area (Å²) in [7, 11) is -3.53. The third-order valence-corrected chi connectivity index (χ3v) is 6.55. The molecule has 0 unspecified atom stereocenters. The molecule has 0 aliphatic carbocycles. The summed E-state index contributed by atoms with van der Waals surface area (Å²) >= 11 is 10.7. The summed E-state index contributed by atoms with van der Waals surface area (Å²) in [6, 6.07) is 8.51. The Bertz CT molecular complexity index is 713. The summed E-state index contributed by atoms with van der Waals surface area (Å²) in [6.07, 6.45) is 0.960. The van der Waals surface area contributed by atoms with Crippen LogP contribution in [-0.4, -0.2) is 8.42 Å². The predicted octanol–water partition coefficient (Wildman–Crippen LogP) is 4.20. The van der Waals surface area contributed by atoms with Crippen LogP contribution in [0.3, 0.4) is 0 Å². The Labute approximate surface area is 136 Å². The van der Waals surface area contributed by atoms with Gasteiger partial charge in [-0.15, -0.1) is 11.3 Å². The maximum absolute atomic E-state index is 12.2. The highest BCUT2D eigenvalue weighted by atomic mass is 79.9. The van der Waals surface area contributed by atoms with E-state index in [1.807, 2.05) is 12.1 Å². The first-order chi connectivity index (χ1) is 9.42. The Morgan fingerprint density at radius 1 is 1.25 bits per heavy atom. The monoisotopic (exact) mass is 393 g/mol. The topological polar surface area (TPSA) is 46.2 Å². The zero-order valence-electron chi connectivity index (χ0n) is 10.7. The Kier molecular flexibility index (Phi) is 5.25. The highest BCUT2D eigenvalue weighted by molar-refractivity contribution is 9.10. The molecule has 0 aliphatic rings. The number of thiophene rings is 1. The summed E-state index contributed by atoms with van der Waals surface area (Å²) in [5, 5.41) is 0.481. The number of sulfonamides is 1. The summed E-state index contributed by atoms with van der Waals surface area (Å²) in [5.41, 5.74) is 0. The fourth-order valence-corrected chi connectivity index (χ4v) is 4.27. The first-order valence-corrected chi connectivity index (χ1v) is 9.41. The third kappa shape index (κ3) is 3.83. The van der Waals surface area contributed by atoms with E-state index in [9.17, 15) is 8.42 Å². The van der Waals surface area contributed by atoms with Crippen molar-refractivity contribution in [2.75, 3.05) is 0 Å². The molecule has 108 valence electrons. The van der Waals surface area contributed by atoms with Crippen LogP contribution in [-0.2, 0) is 23.0 Å². The van der Waals surface area contributed by atoms with Gasteiger partial charge in [-0.1, -0.05) is 18.5 Å². The lowest BCUT2D eigenvalue weighted by molar-refractivity contribution is 0.582. The van der Waals surface area contributed by atoms with Gasteiger partial charge >= 0.3 is 0 Å². The highest BCUT2D eigenvalue weighted by Gasteiger charge is 2.15. The smallest absolute Gasteiger partial charge is 0.207 e. The third-order valence-electron chi connectivity index (χ3n) is 2.70. The summed E-state index contributed by atoms with van der Waals surface area (Å²) in [5.74, 6) is 0. The zero-order chi connectivity index (χ0) is 14.8. The number of aryl methyl sites for hydroxylation is 1. The van der Waals surface area contributed by atoms with Crippen molar-refractivity contribution in [3.05, 3.63) is 49.6 Å². The van der Waals surface area contributed by atoms with Gasteiger partial charge in [-0.3, -0.25) is 0 Å². The molecule has 0 aliphatic heterocycles. The Morgan fingerprint density at radius 2 is 1.95 bits per heavy atom. The van der Waals surface area contributed by atoms with Crippen LogP contribution < -0.4 is 4.72 Å². The van der Waals surface area contributed by atoms with E-state index < -0.39 is 10.0 Å². The van der Waals surface area contributed by atoms with Gasteiger partial charge < -0.3 is 0 Å². The van der Waals surface area contributed by atoms with E-state index in [-0.39, 0.29) is 4.90 Å². The maximum atomic E-state index is 12.2. The number of hydrogen-bond donors (Lipinski definition) is 1. The molecule has 0 bridgehead atoms. The van der Waals surface area contributed by atoms with E-state index >= 15 is 0 Å². The largest absolute Gasteiger partial charge is 0.240 e. The van der Waals surface area contributed by atoms with E-state index in [1.165, 1.54) is 17.0 Å². The van der Waals surface area contributed by atoms with E-state index in [2.05, 4.69) is 27.6 Å². The first kappa shape index (κ1) is 16.0. The molecule has 0 fully saturated rings. The lowest BCUT2D eigenvalue weighted by Gasteiger charge is -2.06. The number of halogens is 2. The van der Waals surface area contributed by atoms with Crippen LogP contribution in [0, 0.1) is 0 Å². The van der Waals surface area contributed by atoms with Gasteiger partial charge in [0, 0.05) is 20.8 Å². The average molecular weight is 395 g/mol. The van der Waals surface area contributed by atoms with Crippen molar-refractivity contribution in [3.8, 4) is 0 Å². The molecule has 1 N–H and O–H groups in total. The summed E-state index contributed by atoms with van der Waals surface area (Å²) in [6.45, 7) is 2.37. The number of rotatable bonds is 5. The number of benzene rings is 1. The van der Waals surface area contributed by atoms with Crippen LogP contribution in [0.5, 0.6) is 0 Å². The van der Waals surface area contributed by atoms with Crippen molar-refractivity contribution >= 4 is 48.9 Å². The van der Waals surface area contributed by atoms with Gasteiger partial charge in [0.2, 0.25) is 10.0 Å². The molecule has 1 heterocycles. The van der Waals surface area contributed by atoms with Gasteiger partial charge in [-0.05, 0) is 52.7 Å². The Balaban J connectivity index is 2.12. The fraction of sp³-hybridized carbons (Fsp3) is 0.231. The van der Waals surface area contributed by atoms with Crippen LogP contribution in [0.2, 0.25) is 5.02 Å². The van der Waals surface area contributed by atoms with Crippen molar-refractivity contribution in [3.63, 3.8) is 0 Å². The normalized spacial score (nSPS) is 11.8. The molecule has 1 aromatic carbocycles. The fourth-order valence-electron chi connectivity index (χ4n) is 1.60. The molecular weight excluding hydrogens is 382 g/mol. The molecule has 7 heteroatoms. The molecule has 1 aromatic heterocycles. The molecular formula is C13H13BrClNO2S2. The van der Waals surface area contributed by atoms with Crippen molar-refractivity contribution in [2.24, 2.45) is 0 Å². The van der Waals surface area contributed by atoms with E-state index in [1.54, 1.807) is 17.4 Å². The van der Waals surface area contributed by atoms with Gasteiger partial charge in [0.25, 0.3) is 0 Å². The zero-order valence-corrected chi connectivity index (χ0v) is 14.7. The van der Waals surface area contributed by atoms with Gasteiger partial charge in [-0.2, -0.15) is 0 Å². The van der Waals surface area contributed by atoms with Crippen molar-refractivity contribution in [1.29, 1.82) is 0 Å². The van der Waals surface area contributed by atoms with E-state index in [0.29, 0.717) is 16.0 Å². The lowest BCUT2D eigenvalue weighted by atomic mass is 10.4. The van der Waals surface area contributed by atoms with Gasteiger partial charge in [0.15, 0.2) is 0 Å². The maximum Gasteiger partial charge on any atom is 0.240 e. The molecule has 0 amide bonds. The molecule has 0 saturated carbocycles. The summed E-state index contributed by atoms with van der Waals surface area (Å²) < 4.78 is 27.5. The molecule has 20 heavy (non-hydrogen) atoms. The van der Waals surface area contributed by atoms with Crippen LogP contribution >= 0.6 is 38.9 Å². The van der Waals surface area contributed by atoms with E-state index in [0.717, 1.165) is 11.3 Å². The van der Waals surface area contributed by atoms with E-state index in [4.69, 9.17) is 11.6 Å². The second-order valence-corrected chi connectivity index (χ2v) is 8.40. The number of nitrogens with one attached hydrogen (secondary N) is 1. The highest BCUT2D eigenvalue weighted by Crippen LogP contribution is 2.25. The standard InChI is InChI=1S/C13H13BrClNO2S2/c1-2-9-3-4-10(19-9)8-16-20(17,18)11-5-6-13(15)12(14)7-11/h3-7,16H,2,8H2,1H3. The van der Waals surface area contributed by atoms with Crippen LogP contribution in [0.25, 0.3) is 0 Å². The second-order valence-electron chi connectivity index (χ2n) is 4.12. The molecule has 0 saturated heterocycles. The lowest BCUT2D eigenvalue weighted by Crippen LogP contribution is -2.22. The Hall–Kier alpha value is -0.400. The molecule has 3 nitrogen and oxygen atoms in total. The van der Waals surface area contributed by atoms with Crippen LogP contribution in [0.1, 0.15) is 16.7 Å². The van der Waals surface area contributed by atoms with Gasteiger partial charge in [-0.25, -0.2) is 13.1 Å². The number of hydrogen-bond acceptors (Lipinski definition) is 3. The van der Waals surface area contributed by atoms with Gasteiger partial charge in [0.1, 0.15) is 0 Å². The predicted molar refractivity (Wildman–Crippen MR) is 86.9 cm³/mol. The molecule has 0 atom stereocenters. The van der Waals surface area contributed by atoms with Crippen molar-refractivity contribution < 1.29 is 8.42 Å². The minimum atomic E-state index is -3.53. The SMILES string of the molecule is CCc1ccc(CNS(=O)(=O)c2ccc(Cl)c(Br)c2)s1. The Morgan fingerprint density at radius 3 is 2.55 bits per heavy atom. The summed E-state index contributed by atoms with van der Waals surface area (Å²) in [4.78, 5) is 2.44. The van der Waals surface area contributed by atoms with Gasteiger partial charge in [0.05, 0.1) is 9.92 Å². The average Bonchev–Trinajstić information content (AvgIpc) is 2.87. The molecule has 0 spiro atoms. The minimum absolute atomic E-state index is 0.195. The van der Waals surface area contributed by atoms with Crippen molar-refractivity contribution in [2.45, 2.75) is 24.8 Å². The molecule has 2 aromatic rings. The molecule has 2 rings (SSSR count). The van der Waals surface area contributed by atoms with Crippen LogP contribution in [0.4, 0.5) is 0 Å². The first-order valence-electron chi connectivity index (χ1n) is 5.94. The second kappa shape index (κ2) is 6.58. The van der Waals surface area contributed by atoms with Crippen LogP contribution in [0.15, 0.2) is 39.7 Å². The molecule has 0 radical (unpaired) electrons.